The highest BCUT2D eigenvalue weighted by Crippen LogP contribution is 2.28. The molecule has 1 aromatic rings. The van der Waals surface area contributed by atoms with Crippen molar-refractivity contribution < 1.29 is 19.7 Å². The van der Waals surface area contributed by atoms with Crippen molar-refractivity contribution >= 4 is 12.6 Å². The monoisotopic (exact) mass is 244 g/mol. The van der Waals surface area contributed by atoms with Gasteiger partial charge in [-0.25, -0.2) is 0 Å². The van der Waals surface area contributed by atoms with Gasteiger partial charge in [0.05, 0.1) is 20.3 Å². The minimum atomic E-state index is -0.999. The molecule has 0 aliphatic heterocycles. The Balaban J connectivity index is 3.02. The topological polar surface area (TPSA) is 58.9 Å². The number of aliphatic hydroxyl groups excluding tert-OH is 2. The Labute approximate surface area is 100 Å². The molecule has 1 rings (SSSR count). The number of hydrogen-bond acceptors (Lipinski definition) is 5. The number of hydrogen-bond donors (Lipinski definition) is 3. The Kier molecular flexibility index (Phi) is 4.92. The number of aliphatic hydroxyl groups is 2. The molecule has 0 radical (unpaired) electrons. The zero-order valence-electron chi connectivity index (χ0n) is 9.25. The molecular formula is C11H16O4S. The second-order valence-corrected chi connectivity index (χ2v) is 3.71. The third-order valence-corrected chi connectivity index (χ3v) is 2.64. The van der Waals surface area contributed by atoms with Crippen molar-refractivity contribution in [1.29, 1.82) is 0 Å². The van der Waals surface area contributed by atoms with Crippen LogP contribution in [0, 0.1) is 0 Å². The van der Waals surface area contributed by atoms with Gasteiger partial charge in [0.15, 0.2) is 0 Å². The highest BCUT2D eigenvalue weighted by molar-refractivity contribution is 7.80. The Morgan fingerprint density at radius 3 is 2.00 bits per heavy atom. The zero-order chi connectivity index (χ0) is 12.1. The van der Waals surface area contributed by atoms with Gasteiger partial charge in [0, 0.05) is 11.8 Å². The molecule has 4 nitrogen and oxygen atoms in total. The summed E-state index contributed by atoms with van der Waals surface area (Å²) in [7, 11) is 3.06. The van der Waals surface area contributed by atoms with Crippen molar-refractivity contribution in [2.75, 3.05) is 20.0 Å². The summed E-state index contributed by atoms with van der Waals surface area (Å²) in [5.41, 5.74) is 0.540. The molecule has 0 amide bonds. The SMILES string of the molecule is COc1cc(OC)cc(C(O)C(O)CS)c1. The van der Waals surface area contributed by atoms with E-state index in [0.717, 1.165) is 0 Å². The van der Waals surface area contributed by atoms with Crippen LogP contribution in [0.5, 0.6) is 11.5 Å². The first-order chi connectivity index (χ1) is 7.62. The van der Waals surface area contributed by atoms with Crippen LogP contribution >= 0.6 is 12.6 Å². The fourth-order valence-electron chi connectivity index (χ4n) is 1.32. The van der Waals surface area contributed by atoms with E-state index in [4.69, 9.17) is 9.47 Å². The molecule has 0 heterocycles. The first kappa shape index (κ1) is 13.2. The van der Waals surface area contributed by atoms with Crippen LogP contribution in [0.15, 0.2) is 18.2 Å². The normalized spacial score (nSPS) is 14.3. The lowest BCUT2D eigenvalue weighted by molar-refractivity contribution is 0.0335. The fraction of sp³-hybridized carbons (Fsp3) is 0.455. The van der Waals surface area contributed by atoms with Gasteiger partial charge in [-0.1, -0.05) is 0 Å². The minimum absolute atomic E-state index is 0.181. The highest BCUT2D eigenvalue weighted by atomic mass is 32.1. The van der Waals surface area contributed by atoms with Crippen LogP contribution in [0.1, 0.15) is 11.7 Å². The molecule has 0 fully saturated rings. The van der Waals surface area contributed by atoms with Gasteiger partial charge in [0.1, 0.15) is 17.6 Å². The quantitative estimate of drug-likeness (QED) is 0.677. The summed E-state index contributed by atoms with van der Waals surface area (Å²) in [6.07, 6.45) is -1.92. The van der Waals surface area contributed by atoms with Crippen molar-refractivity contribution in [3.63, 3.8) is 0 Å². The van der Waals surface area contributed by atoms with Crippen LogP contribution in [0.25, 0.3) is 0 Å². The highest BCUT2D eigenvalue weighted by Gasteiger charge is 2.18. The van der Waals surface area contributed by atoms with E-state index in [1.807, 2.05) is 0 Å². The van der Waals surface area contributed by atoms with E-state index in [1.54, 1.807) is 18.2 Å². The van der Waals surface area contributed by atoms with E-state index in [0.29, 0.717) is 17.1 Å². The number of thiol groups is 1. The maximum Gasteiger partial charge on any atom is 0.122 e. The summed E-state index contributed by atoms with van der Waals surface area (Å²) in [6.45, 7) is 0. The van der Waals surface area contributed by atoms with Gasteiger partial charge >= 0.3 is 0 Å². The van der Waals surface area contributed by atoms with Crippen molar-refractivity contribution in [2.24, 2.45) is 0 Å². The second kappa shape index (κ2) is 5.98. The van der Waals surface area contributed by atoms with Gasteiger partial charge in [0.2, 0.25) is 0 Å². The summed E-state index contributed by atoms with van der Waals surface area (Å²) >= 11 is 3.93. The predicted octanol–water partition coefficient (Wildman–Crippen LogP) is 1.03. The molecule has 0 aliphatic carbocycles. The van der Waals surface area contributed by atoms with Gasteiger partial charge < -0.3 is 19.7 Å². The molecule has 1 aromatic carbocycles. The molecule has 0 bridgehead atoms. The van der Waals surface area contributed by atoms with E-state index >= 15 is 0 Å². The Bertz CT molecular complexity index is 321. The summed E-state index contributed by atoms with van der Waals surface area (Å²) < 4.78 is 10.1. The molecule has 2 atom stereocenters. The van der Waals surface area contributed by atoms with Crippen molar-refractivity contribution in [3.8, 4) is 11.5 Å². The first-order valence-electron chi connectivity index (χ1n) is 4.82. The van der Waals surface area contributed by atoms with E-state index in [-0.39, 0.29) is 5.75 Å². The van der Waals surface area contributed by atoms with Crippen LogP contribution in [0.3, 0.4) is 0 Å². The van der Waals surface area contributed by atoms with E-state index in [9.17, 15) is 10.2 Å². The van der Waals surface area contributed by atoms with E-state index in [2.05, 4.69) is 12.6 Å². The second-order valence-electron chi connectivity index (χ2n) is 3.34. The number of benzene rings is 1. The third-order valence-electron chi connectivity index (χ3n) is 2.27. The van der Waals surface area contributed by atoms with Crippen molar-refractivity contribution in [3.05, 3.63) is 23.8 Å². The maximum atomic E-state index is 9.82. The fourth-order valence-corrected chi connectivity index (χ4v) is 1.52. The molecule has 0 saturated carbocycles. The third kappa shape index (κ3) is 3.04. The van der Waals surface area contributed by atoms with E-state index < -0.39 is 12.2 Å². The lowest BCUT2D eigenvalue weighted by atomic mass is 10.0. The van der Waals surface area contributed by atoms with Crippen molar-refractivity contribution in [2.45, 2.75) is 12.2 Å². The van der Waals surface area contributed by atoms with Gasteiger partial charge in [0.25, 0.3) is 0 Å². The van der Waals surface area contributed by atoms with Gasteiger partial charge in [-0.05, 0) is 17.7 Å². The van der Waals surface area contributed by atoms with Crippen LogP contribution in [0.4, 0.5) is 0 Å². The summed E-state index contributed by atoms with van der Waals surface area (Å²) in [4.78, 5) is 0. The first-order valence-corrected chi connectivity index (χ1v) is 5.45. The van der Waals surface area contributed by atoms with Gasteiger partial charge in [-0.15, -0.1) is 0 Å². The zero-order valence-corrected chi connectivity index (χ0v) is 10.1. The van der Waals surface area contributed by atoms with Gasteiger partial charge in [-0.2, -0.15) is 12.6 Å². The van der Waals surface area contributed by atoms with Crippen LogP contribution in [0.2, 0.25) is 0 Å². The molecule has 2 unspecified atom stereocenters. The number of methoxy groups -OCH3 is 2. The minimum Gasteiger partial charge on any atom is -0.497 e. The standard InChI is InChI=1S/C11H16O4S/c1-14-8-3-7(4-9(5-8)15-2)11(13)10(12)6-16/h3-5,10-13,16H,6H2,1-2H3. The molecule has 0 aliphatic rings. The Hall–Kier alpha value is -0.910. The molecule has 90 valence electrons. The van der Waals surface area contributed by atoms with Crippen LogP contribution in [-0.2, 0) is 0 Å². The number of ether oxygens (including phenoxy) is 2. The van der Waals surface area contributed by atoms with Crippen LogP contribution < -0.4 is 9.47 Å². The number of rotatable bonds is 5. The molecule has 5 heteroatoms. The van der Waals surface area contributed by atoms with Crippen molar-refractivity contribution in [1.82, 2.24) is 0 Å². The smallest absolute Gasteiger partial charge is 0.122 e. The molecule has 16 heavy (non-hydrogen) atoms. The van der Waals surface area contributed by atoms with E-state index in [1.165, 1.54) is 14.2 Å². The Morgan fingerprint density at radius 1 is 1.12 bits per heavy atom. The molecular weight excluding hydrogens is 228 g/mol. The summed E-state index contributed by atoms with van der Waals surface area (Å²) in [6, 6.07) is 5.00. The molecule has 0 spiro atoms. The Morgan fingerprint density at radius 2 is 1.62 bits per heavy atom. The lowest BCUT2D eigenvalue weighted by Crippen LogP contribution is -2.19. The summed E-state index contributed by atoms with van der Waals surface area (Å²) in [5, 5.41) is 19.3. The average molecular weight is 244 g/mol. The maximum absolute atomic E-state index is 9.82. The molecule has 0 aromatic heterocycles. The largest absolute Gasteiger partial charge is 0.497 e. The molecule has 0 saturated heterocycles. The molecule has 2 N–H and O–H groups in total. The van der Waals surface area contributed by atoms with Gasteiger partial charge in [-0.3, -0.25) is 0 Å². The lowest BCUT2D eigenvalue weighted by Gasteiger charge is -2.17. The average Bonchev–Trinajstić information content (AvgIpc) is 2.35. The van der Waals surface area contributed by atoms with Crippen LogP contribution in [-0.4, -0.2) is 36.3 Å². The summed E-state index contributed by atoms with van der Waals surface area (Å²) in [5.74, 6) is 1.32. The predicted molar refractivity (Wildman–Crippen MR) is 64.4 cm³/mol.